The molecule has 19 heavy (non-hydrogen) atoms. The van der Waals surface area contributed by atoms with Gasteiger partial charge in [-0.25, -0.2) is 18.5 Å². The largest absolute Gasteiger partial charge is 0.370 e. The van der Waals surface area contributed by atoms with Gasteiger partial charge in [0.05, 0.1) is 5.75 Å². The van der Waals surface area contributed by atoms with Crippen LogP contribution in [-0.2, 0) is 10.0 Å². The Morgan fingerprint density at radius 2 is 2.21 bits per heavy atom. The van der Waals surface area contributed by atoms with Gasteiger partial charge >= 0.3 is 0 Å². The number of nitrogens with zero attached hydrogens (tertiary/aromatic N) is 1. The number of primary sulfonamides is 1. The van der Waals surface area contributed by atoms with E-state index in [4.69, 9.17) is 5.14 Å². The Bertz CT molecular complexity index is 530. The maximum atomic E-state index is 11.8. The van der Waals surface area contributed by atoms with Gasteiger partial charge in [-0.3, -0.25) is 4.79 Å². The summed E-state index contributed by atoms with van der Waals surface area (Å²) in [7, 11) is -3.47. The monoisotopic (exact) mass is 286 g/mol. The summed E-state index contributed by atoms with van der Waals surface area (Å²) in [6, 6.07) is 3.23. The fourth-order valence-electron chi connectivity index (χ4n) is 1.43. The van der Waals surface area contributed by atoms with Crippen molar-refractivity contribution in [3.8, 4) is 0 Å². The normalized spacial score (nSPS) is 11.1. The van der Waals surface area contributed by atoms with Crippen LogP contribution in [0.25, 0.3) is 0 Å². The molecule has 7 nitrogen and oxygen atoms in total. The van der Waals surface area contributed by atoms with Gasteiger partial charge in [0.25, 0.3) is 5.91 Å². The summed E-state index contributed by atoms with van der Waals surface area (Å²) in [5, 5.41) is 10.5. The molecule has 1 rings (SSSR count). The predicted molar refractivity (Wildman–Crippen MR) is 73.3 cm³/mol. The summed E-state index contributed by atoms with van der Waals surface area (Å²) in [4.78, 5) is 15.8. The van der Waals surface area contributed by atoms with E-state index in [1.54, 1.807) is 12.1 Å². The fraction of sp³-hybridized carbons (Fsp3) is 0.455. The summed E-state index contributed by atoms with van der Waals surface area (Å²) in [5.41, 5.74) is 0.474. The molecule has 0 fully saturated rings. The Hall–Kier alpha value is -1.67. The number of carbonyl (C=O) groups excluding carboxylic acids is 1. The maximum absolute atomic E-state index is 11.8. The van der Waals surface area contributed by atoms with E-state index >= 15 is 0 Å². The number of sulfonamides is 1. The van der Waals surface area contributed by atoms with E-state index in [9.17, 15) is 13.2 Å². The van der Waals surface area contributed by atoms with Gasteiger partial charge < -0.3 is 10.6 Å². The van der Waals surface area contributed by atoms with Crippen molar-refractivity contribution in [2.75, 3.05) is 24.2 Å². The lowest BCUT2D eigenvalue weighted by Crippen LogP contribution is -2.27. The van der Waals surface area contributed by atoms with Gasteiger partial charge in [0.15, 0.2) is 0 Å². The molecule has 4 N–H and O–H groups in total. The van der Waals surface area contributed by atoms with E-state index in [0.717, 1.165) is 0 Å². The van der Waals surface area contributed by atoms with Gasteiger partial charge in [-0.1, -0.05) is 0 Å². The molecule has 0 saturated heterocycles. The molecule has 1 aromatic rings. The third-order valence-corrected chi connectivity index (χ3v) is 3.13. The zero-order valence-electron chi connectivity index (χ0n) is 10.7. The van der Waals surface area contributed by atoms with Crippen LogP contribution in [0.5, 0.6) is 0 Å². The van der Waals surface area contributed by atoms with E-state index in [0.29, 0.717) is 17.9 Å². The van der Waals surface area contributed by atoms with Crippen LogP contribution in [0, 0.1) is 0 Å². The Balaban J connectivity index is 2.47. The fourth-order valence-corrected chi connectivity index (χ4v) is 1.97. The lowest BCUT2D eigenvalue weighted by molar-refractivity contribution is 0.0953. The molecular weight excluding hydrogens is 268 g/mol. The highest BCUT2D eigenvalue weighted by atomic mass is 32.2. The van der Waals surface area contributed by atoms with Gasteiger partial charge in [-0.15, -0.1) is 0 Å². The van der Waals surface area contributed by atoms with Crippen LogP contribution < -0.4 is 15.8 Å². The zero-order chi connectivity index (χ0) is 14.3. The first-order valence-electron chi connectivity index (χ1n) is 5.91. The molecule has 0 bridgehead atoms. The van der Waals surface area contributed by atoms with E-state index < -0.39 is 10.0 Å². The van der Waals surface area contributed by atoms with Gasteiger partial charge in [-0.05, 0) is 25.5 Å². The topological polar surface area (TPSA) is 114 Å². The number of carbonyl (C=O) groups is 1. The average Bonchev–Trinajstić information content (AvgIpc) is 2.34. The number of hydrogen-bond acceptors (Lipinski definition) is 5. The molecule has 0 unspecified atom stereocenters. The quantitative estimate of drug-likeness (QED) is 0.607. The number of aromatic nitrogens is 1. The van der Waals surface area contributed by atoms with Crippen molar-refractivity contribution in [1.82, 2.24) is 10.3 Å². The first-order valence-corrected chi connectivity index (χ1v) is 7.62. The van der Waals surface area contributed by atoms with Gasteiger partial charge in [0.1, 0.15) is 5.82 Å². The van der Waals surface area contributed by atoms with E-state index in [1.807, 2.05) is 6.92 Å². The lowest BCUT2D eigenvalue weighted by Gasteiger charge is -2.06. The number of nitrogens with one attached hydrogen (secondary N) is 2. The summed E-state index contributed by atoms with van der Waals surface area (Å²) in [6.07, 6.45) is 1.83. The zero-order valence-corrected chi connectivity index (χ0v) is 11.5. The highest BCUT2D eigenvalue weighted by Crippen LogP contribution is 2.06. The van der Waals surface area contributed by atoms with Crippen molar-refractivity contribution < 1.29 is 13.2 Å². The molecule has 8 heteroatoms. The number of pyridine rings is 1. The molecule has 0 spiro atoms. The molecule has 0 aromatic carbocycles. The second kappa shape index (κ2) is 7.05. The smallest absolute Gasteiger partial charge is 0.251 e. The predicted octanol–water partition coefficient (Wildman–Crippen LogP) is -0.0782. The third-order valence-electron chi connectivity index (χ3n) is 2.27. The van der Waals surface area contributed by atoms with Crippen LogP contribution in [0.4, 0.5) is 5.82 Å². The van der Waals surface area contributed by atoms with Crippen molar-refractivity contribution in [3.63, 3.8) is 0 Å². The molecule has 0 aliphatic carbocycles. The summed E-state index contributed by atoms with van der Waals surface area (Å²) < 4.78 is 21.4. The SMILES string of the molecule is CCNc1cc(C(=O)NCCCS(N)(=O)=O)ccn1. The summed E-state index contributed by atoms with van der Waals surface area (Å²) in [6.45, 7) is 2.91. The van der Waals surface area contributed by atoms with Gasteiger partial charge in [-0.2, -0.15) is 0 Å². The Kier molecular flexibility index (Phi) is 5.71. The van der Waals surface area contributed by atoms with Crippen molar-refractivity contribution in [3.05, 3.63) is 23.9 Å². The summed E-state index contributed by atoms with van der Waals surface area (Å²) in [5.74, 6) is 0.211. The second-order valence-electron chi connectivity index (χ2n) is 3.94. The van der Waals surface area contributed by atoms with Gasteiger partial charge in [0.2, 0.25) is 10.0 Å². The third kappa shape index (κ3) is 6.16. The van der Waals surface area contributed by atoms with Crippen LogP contribution in [0.2, 0.25) is 0 Å². The molecule has 0 radical (unpaired) electrons. The number of nitrogens with two attached hydrogens (primary N) is 1. The molecule has 0 atom stereocenters. The molecule has 1 amide bonds. The van der Waals surface area contributed by atoms with Crippen molar-refractivity contribution in [2.24, 2.45) is 5.14 Å². The Labute approximate surface area is 112 Å². The molecule has 106 valence electrons. The maximum Gasteiger partial charge on any atom is 0.251 e. The van der Waals surface area contributed by atoms with Crippen molar-refractivity contribution >= 4 is 21.7 Å². The van der Waals surface area contributed by atoms with Crippen LogP contribution in [0.1, 0.15) is 23.7 Å². The van der Waals surface area contributed by atoms with Crippen LogP contribution >= 0.6 is 0 Å². The minimum atomic E-state index is -3.47. The van der Waals surface area contributed by atoms with Crippen molar-refractivity contribution in [2.45, 2.75) is 13.3 Å². The number of amides is 1. The Morgan fingerprint density at radius 3 is 2.84 bits per heavy atom. The van der Waals surface area contributed by atoms with E-state index in [-0.39, 0.29) is 24.6 Å². The Morgan fingerprint density at radius 1 is 1.47 bits per heavy atom. The molecule has 1 aromatic heterocycles. The minimum absolute atomic E-state index is 0.147. The highest BCUT2D eigenvalue weighted by molar-refractivity contribution is 7.89. The second-order valence-corrected chi connectivity index (χ2v) is 5.67. The number of hydrogen-bond donors (Lipinski definition) is 3. The molecule has 0 aliphatic rings. The molecule has 0 saturated carbocycles. The minimum Gasteiger partial charge on any atom is -0.370 e. The average molecular weight is 286 g/mol. The first kappa shape index (κ1) is 15.4. The first-order chi connectivity index (χ1) is 8.92. The molecule has 0 aliphatic heterocycles. The number of anilines is 1. The van der Waals surface area contributed by atoms with Crippen LogP contribution in [0.3, 0.4) is 0 Å². The van der Waals surface area contributed by atoms with Crippen LogP contribution in [0.15, 0.2) is 18.3 Å². The summed E-state index contributed by atoms with van der Waals surface area (Å²) >= 11 is 0. The molecule has 1 heterocycles. The van der Waals surface area contributed by atoms with E-state index in [1.165, 1.54) is 6.20 Å². The number of rotatable bonds is 7. The van der Waals surface area contributed by atoms with Gasteiger partial charge in [0, 0.05) is 24.8 Å². The highest BCUT2D eigenvalue weighted by Gasteiger charge is 2.07. The van der Waals surface area contributed by atoms with E-state index in [2.05, 4.69) is 15.6 Å². The standard InChI is InChI=1S/C11H18N4O3S/c1-2-13-10-8-9(4-6-14-10)11(16)15-5-3-7-19(12,17)18/h4,6,8H,2-3,5,7H2,1H3,(H,13,14)(H,15,16)(H2,12,17,18). The lowest BCUT2D eigenvalue weighted by atomic mass is 10.2. The van der Waals surface area contributed by atoms with Crippen molar-refractivity contribution in [1.29, 1.82) is 0 Å². The van der Waals surface area contributed by atoms with Crippen LogP contribution in [-0.4, -0.2) is 38.2 Å². The molecular formula is C11H18N4O3S.